The number of rotatable bonds is 3. The van der Waals surface area contributed by atoms with Crippen LogP contribution in [-0.2, 0) is 12.0 Å². The molecule has 0 amide bonds. The molecule has 0 fully saturated rings. The highest BCUT2D eigenvalue weighted by Crippen LogP contribution is 2.28. The van der Waals surface area contributed by atoms with Gasteiger partial charge in [-0.15, -0.1) is 0 Å². The summed E-state index contributed by atoms with van der Waals surface area (Å²) in [4.78, 5) is 0. The van der Waals surface area contributed by atoms with Crippen LogP contribution in [0.2, 0.25) is 0 Å². The standard InChI is InChI=1S/C11H20N2O/c1-6-13-9(3)10(8(2)12-13)11(4,5)7-14/h14H,6-7H2,1-5H3. The molecule has 0 aliphatic rings. The second-order valence-electron chi connectivity index (χ2n) is 4.40. The Morgan fingerprint density at radius 1 is 1.36 bits per heavy atom. The summed E-state index contributed by atoms with van der Waals surface area (Å²) in [6.07, 6.45) is 0. The Kier molecular flexibility index (Phi) is 3.00. The van der Waals surface area contributed by atoms with Crippen LogP contribution in [0, 0.1) is 13.8 Å². The lowest BCUT2D eigenvalue weighted by Crippen LogP contribution is -2.23. The molecule has 0 radical (unpaired) electrons. The van der Waals surface area contributed by atoms with Crippen LogP contribution in [0.15, 0.2) is 0 Å². The third kappa shape index (κ3) is 1.69. The molecule has 80 valence electrons. The van der Waals surface area contributed by atoms with E-state index in [1.807, 2.05) is 25.5 Å². The van der Waals surface area contributed by atoms with E-state index >= 15 is 0 Å². The molecule has 0 saturated heterocycles. The molecule has 1 N–H and O–H groups in total. The van der Waals surface area contributed by atoms with Gasteiger partial charge in [-0.2, -0.15) is 5.10 Å². The largest absolute Gasteiger partial charge is 0.395 e. The van der Waals surface area contributed by atoms with Crippen molar-refractivity contribution in [3.8, 4) is 0 Å². The normalized spacial score (nSPS) is 12.1. The Morgan fingerprint density at radius 2 is 1.93 bits per heavy atom. The van der Waals surface area contributed by atoms with Crippen molar-refractivity contribution in [2.75, 3.05) is 6.61 Å². The predicted molar refractivity (Wildman–Crippen MR) is 57.5 cm³/mol. The minimum absolute atomic E-state index is 0.157. The lowest BCUT2D eigenvalue weighted by molar-refractivity contribution is 0.217. The molecule has 0 spiro atoms. The van der Waals surface area contributed by atoms with Crippen LogP contribution >= 0.6 is 0 Å². The van der Waals surface area contributed by atoms with Crippen molar-refractivity contribution in [1.82, 2.24) is 9.78 Å². The van der Waals surface area contributed by atoms with Gasteiger partial charge in [-0.05, 0) is 20.8 Å². The molecule has 3 nitrogen and oxygen atoms in total. The molecule has 1 aromatic rings. The van der Waals surface area contributed by atoms with Gasteiger partial charge in [-0.25, -0.2) is 0 Å². The topological polar surface area (TPSA) is 38.0 Å². The van der Waals surface area contributed by atoms with Crippen molar-refractivity contribution in [1.29, 1.82) is 0 Å². The minimum Gasteiger partial charge on any atom is -0.395 e. The molecular weight excluding hydrogens is 176 g/mol. The van der Waals surface area contributed by atoms with E-state index in [1.54, 1.807) is 0 Å². The van der Waals surface area contributed by atoms with Crippen LogP contribution < -0.4 is 0 Å². The number of aryl methyl sites for hydroxylation is 2. The van der Waals surface area contributed by atoms with Gasteiger partial charge in [-0.1, -0.05) is 13.8 Å². The van der Waals surface area contributed by atoms with Gasteiger partial charge in [0.05, 0.1) is 12.3 Å². The predicted octanol–water partition coefficient (Wildman–Crippen LogP) is 1.79. The first-order chi connectivity index (χ1) is 6.44. The maximum absolute atomic E-state index is 9.34. The van der Waals surface area contributed by atoms with Gasteiger partial charge >= 0.3 is 0 Å². The summed E-state index contributed by atoms with van der Waals surface area (Å²) < 4.78 is 1.99. The molecule has 0 bridgehead atoms. The lowest BCUT2D eigenvalue weighted by Gasteiger charge is -2.22. The van der Waals surface area contributed by atoms with Crippen molar-refractivity contribution in [3.05, 3.63) is 17.0 Å². The monoisotopic (exact) mass is 196 g/mol. The Balaban J connectivity index is 3.27. The van der Waals surface area contributed by atoms with Crippen LogP contribution in [0.3, 0.4) is 0 Å². The molecule has 1 rings (SSSR count). The van der Waals surface area contributed by atoms with Crippen LogP contribution in [0.1, 0.15) is 37.7 Å². The van der Waals surface area contributed by atoms with Gasteiger partial charge in [-0.3, -0.25) is 4.68 Å². The van der Waals surface area contributed by atoms with Crippen molar-refractivity contribution in [2.24, 2.45) is 0 Å². The van der Waals surface area contributed by atoms with E-state index in [2.05, 4.69) is 18.9 Å². The van der Waals surface area contributed by atoms with Crippen LogP contribution in [-0.4, -0.2) is 21.5 Å². The fourth-order valence-corrected chi connectivity index (χ4v) is 2.06. The Morgan fingerprint density at radius 3 is 2.29 bits per heavy atom. The molecular formula is C11H20N2O. The van der Waals surface area contributed by atoms with Gasteiger partial charge < -0.3 is 5.11 Å². The molecule has 0 atom stereocenters. The molecule has 0 aliphatic carbocycles. The molecule has 0 unspecified atom stereocenters. The fourth-order valence-electron chi connectivity index (χ4n) is 2.06. The first-order valence-electron chi connectivity index (χ1n) is 5.09. The molecule has 0 aliphatic heterocycles. The van der Waals surface area contributed by atoms with Crippen molar-refractivity contribution in [3.63, 3.8) is 0 Å². The zero-order valence-electron chi connectivity index (χ0n) is 9.76. The molecule has 1 heterocycles. The van der Waals surface area contributed by atoms with E-state index in [1.165, 1.54) is 11.3 Å². The lowest BCUT2D eigenvalue weighted by atomic mass is 9.84. The van der Waals surface area contributed by atoms with E-state index in [9.17, 15) is 5.11 Å². The van der Waals surface area contributed by atoms with E-state index < -0.39 is 0 Å². The highest BCUT2D eigenvalue weighted by molar-refractivity contribution is 5.32. The van der Waals surface area contributed by atoms with Gasteiger partial charge in [0.2, 0.25) is 0 Å². The quantitative estimate of drug-likeness (QED) is 0.800. The summed E-state index contributed by atoms with van der Waals surface area (Å²) in [5.74, 6) is 0. The van der Waals surface area contributed by atoms with Crippen molar-refractivity contribution in [2.45, 2.75) is 46.6 Å². The Labute approximate surface area is 85.8 Å². The molecule has 0 saturated carbocycles. The van der Waals surface area contributed by atoms with E-state index in [0.717, 1.165) is 12.2 Å². The molecule has 3 heteroatoms. The maximum atomic E-state index is 9.34. The first-order valence-corrected chi connectivity index (χ1v) is 5.09. The zero-order chi connectivity index (χ0) is 10.9. The Hall–Kier alpha value is -0.830. The molecule has 14 heavy (non-hydrogen) atoms. The first kappa shape index (κ1) is 11.2. The third-order valence-corrected chi connectivity index (χ3v) is 2.75. The SMILES string of the molecule is CCn1nc(C)c(C(C)(C)CO)c1C. The van der Waals surface area contributed by atoms with E-state index in [0.29, 0.717) is 0 Å². The summed E-state index contributed by atoms with van der Waals surface area (Å²) in [7, 11) is 0. The van der Waals surface area contributed by atoms with Gasteiger partial charge in [0.25, 0.3) is 0 Å². The molecule has 0 aromatic carbocycles. The van der Waals surface area contributed by atoms with E-state index in [-0.39, 0.29) is 12.0 Å². The van der Waals surface area contributed by atoms with Crippen LogP contribution in [0.5, 0.6) is 0 Å². The van der Waals surface area contributed by atoms with Crippen molar-refractivity contribution >= 4 is 0 Å². The molecule has 1 aromatic heterocycles. The number of hydrogen-bond donors (Lipinski definition) is 1. The number of aliphatic hydroxyl groups excluding tert-OH is 1. The van der Waals surface area contributed by atoms with Crippen LogP contribution in [0.25, 0.3) is 0 Å². The Bertz CT molecular complexity index is 326. The third-order valence-electron chi connectivity index (χ3n) is 2.75. The number of nitrogens with zero attached hydrogens (tertiary/aromatic N) is 2. The second kappa shape index (κ2) is 3.73. The fraction of sp³-hybridized carbons (Fsp3) is 0.727. The zero-order valence-corrected chi connectivity index (χ0v) is 9.76. The van der Waals surface area contributed by atoms with Gasteiger partial charge in [0, 0.05) is 23.2 Å². The van der Waals surface area contributed by atoms with Gasteiger partial charge in [0.15, 0.2) is 0 Å². The average molecular weight is 196 g/mol. The second-order valence-corrected chi connectivity index (χ2v) is 4.40. The summed E-state index contributed by atoms with van der Waals surface area (Å²) in [6, 6.07) is 0. The maximum Gasteiger partial charge on any atom is 0.0634 e. The number of aromatic nitrogens is 2. The summed E-state index contributed by atoms with van der Waals surface area (Å²) in [5.41, 5.74) is 3.19. The highest BCUT2D eigenvalue weighted by Gasteiger charge is 2.26. The van der Waals surface area contributed by atoms with Gasteiger partial charge in [0.1, 0.15) is 0 Å². The minimum atomic E-state index is -0.193. The number of aliphatic hydroxyl groups is 1. The van der Waals surface area contributed by atoms with Crippen molar-refractivity contribution < 1.29 is 5.11 Å². The summed E-state index contributed by atoms with van der Waals surface area (Å²) in [6.45, 7) is 11.3. The summed E-state index contributed by atoms with van der Waals surface area (Å²) in [5, 5.41) is 13.8. The van der Waals surface area contributed by atoms with Crippen LogP contribution in [0.4, 0.5) is 0 Å². The smallest absolute Gasteiger partial charge is 0.0634 e. The highest BCUT2D eigenvalue weighted by atomic mass is 16.3. The number of hydrogen-bond acceptors (Lipinski definition) is 2. The average Bonchev–Trinajstić information content (AvgIpc) is 2.41. The summed E-state index contributed by atoms with van der Waals surface area (Å²) >= 11 is 0. The van der Waals surface area contributed by atoms with E-state index in [4.69, 9.17) is 0 Å².